The topological polar surface area (TPSA) is 74.7 Å². The summed E-state index contributed by atoms with van der Waals surface area (Å²) in [5.74, 6) is 1.37. The highest BCUT2D eigenvalue weighted by Crippen LogP contribution is 2.24. The Morgan fingerprint density at radius 2 is 1.70 bits per heavy atom. The van der Waals surface area contributed by atoms with Crippen molar-refractivity contribution in [1.82, 2.24) is 0 Å². The van der Waals surface area contributed by atoms with E-state index in [1.165, 1.54) is 12.3 Å². The van der Waals surface area contributed by atoms with Gasteiger partial charge < -0.3 is 19.6 Å². The molecule has 0 saturated carbocycles. The lowest BCUT2D eigenvalue weighted by Crippen LogP contribution is -2.14. The highest BCUT2D eigenvalue weighted by molar-refractivity contribution is 5.88. The monoisotopic (exact) mass is 311 g/mol. The van der Waals surface area contributed by atoms with E-state index < -0.39 is 0 Å². The predicted molar refractivity (Wildman–Crippen MR) is 87.8 cm³/mol. The first-order valence-electron chi connectivity index (χ1n) is 7.33. The predicted octanol–water partition coefficient (Wildman–Crippen LogP) is 2.71. The molecule has 0 spiro atoms. The number of fused-ring (bicyclic) bond motifs is 1. The van der Waals surface area contributed by atoms with Crippen molar-refractivity contribution in [2.75, 3.05) is 13.2 Å². The Morgan fingerprint density at radius 1 is 0.957 bits per heavy atom. The Morgan fingerprint density at radius 3 is 2.48 bits per heavy atom. The maximum absolute atomic E-state index is 11.8. The van der Waals surface area contributed by atoms with Gasteiger partial charge in [0.15, 0.2) is 0 Å². The lowest BCUT2D eigenvalue weighted by atomic mass is 10.1. The van der Waals surface area contributed by atoms with Gasteiger partial charge in [-0.3, -0.25) is 4.79 Å². The van der Waals surface area contributed by atoms with E-state index in [4.69, 9.17) is 19.6 Å². The minimum atomic E-state index is -0.248. The van der Waals surface area contributed by atoms with Crippen LogP contribution < -0.4 is 20.6 Å². The summed E-state index contributed by atoms with van der Waals surface area (Å²) in [5, 5.41) is 2.16. The zero-order valence-electron chi connectivity index (χ0n) is 12.5. The highest BCUT2D eigenvalue weighted by Gasteiger charge is 2.05. The van der Waals surface area contributed by atoms with Crippen LogP contribution in [0.1, 0.15) is 5.76 Å². The van der Waals surface area contributed by atoms with E-state index in [0.717, 1.165) is 16.5 Å². The molecule has 2 N–H and O–H groups in total. The van der Waals surface area contributed by atoms with Crippen LogP contribution in [0.15, 0.2) is 64.0 Å². The van der Waals surface area contributed by atoms with Crippen LogP contribution >= 0.6 is 0 Å². The summed E-state index contributed by atoms with van der Waals surface area (Å²) in [5.41, 5.74) is 5.16. The summed E-state index contributed by atoms with van der Waals surface area (Å²) < 4.78 is 16.3. The van der Waals surface area contributed by atoms with E-state index >= 15 is 0 Å². The number of hydrogen-bond donors (Lipinski definition) is 1. The standard InChI is InChI=1S/C18H17NO4/c19-11-14-10-16(20)18(12-23-14)22-9-8-21-17-7-3-5-13-4-1-2-6-15(13)17/h1-7,10,12H,8-9,11,19H2. The molecule has 2 aromatic carbocycles. The Kier molecular flexibility index (Phi) is 4.59. The molecule has 0 unspecified atom stereocenters. The van der Waals surface area contributed by atoms with Crippen LogP contribution in [0, 0.1) is 0 Å². The molecule has 5 heteroatoms. The minimum absolute atomic E-state index is 0.156. The van der Waals surface area contributed by atoms with E-state index in [1.807, 2.05) is 42.5 Å². The maximum atomic E-state index is 11.8. The van der Waals surface area contributed by atoms with Gasteiger partial charge in [0, 0.05) is 11.5 Å². The van der Waals surface area contributed by atoms with Gasteiger partial charge in [-0.2, -0.15) is 0 Å². The number of nitrogens with two attached hydrogens (primary N) is 1. The van der Waals surface area contributed by atoms with E-state index in [1.54, 1.807) is 0 Å². The maximum Gasteiger partial charge on any atom is 0.227 e. The van der Waals surface area contributed by atoms with Gasteiger partial charge in [-0.15, -0.1) is 0 Å². The van der Waals surface area contributed by atoms with Gasteiger partial charge in [0.2, 0.25) is 11.2 Å². The van der Waals surface area contributed by atoms with Crippen molar-refractivity contribution in [2.24, 2.45) is 5.73 Å². The van der Waals surface area contributed by atoms with E-state index in [-0.39, 0.29) is 24.3 Å². The third kappa shape index (κ3) is 3.52. The molecule has 5 nitrogen and oxygen atoms in total. The van der Waals surface area contributed by atoms with Crippen molar-refractivity contribution >= 4 is 10.8 Å². The number of benzene rings is 2. The normalized spacial score (nSPS) is 10.7. The van der Waals surface area contributed by atoms with Gasteiger partial charge in [-0.05, 0) is 11.5 Å². The van der Waals surface area contributed by atoms with Crippen LogP contribution in [0.4, 0.5) is 0 Å². The molecule has 0 aliphatic heterocycles. The first-order valence-corrected chi connectivity index (χ1v) is 7.33. The van der Waals surface area contributed by atoms with Crippen molar-refractivity contribution in [1.29, 1.82) is 0 Å². The molecular weight excluding hydrogens is 294 g/mol. The van der Waals surface area contributed by atoms with Crippen molar-refractivity contribution in [3.05, 3.63) is 70.8 Å². The van der Waals surface area contributed by atoms with Crippen LogP contribution in [0.3, 0.4) is 0 Å². The van der Waals surface area contributed by atoms with Crippen LogP contribution in [0.2, 0.25) is 0 Å². The number of ether oxygens (including phenoxy) is 2. The van der Waals surface area contributed by atoms with Gasteiger partial charge in [0.05, 0.1) is 6.54 Å². The largest absolute Gasteiger partial charge is 0.489 e. The molecule has 0 amide bonds. The Bertz CT molecular complexity index is 852. The second-order valence-corrected chi connectivity index (χ2v) is 4.95. The lowest BCUT2D eigenvalue weighted by molar-refractivity contribution is 0.213. The van der Waals surface area contributed by atoms with Gasteiger partial charge in [0.25, 0.3) is 0 Å². The third-order valence-corrected chi connectivity index (χ3v) is 3.40. The minimum Gasteiger partial charge on any atom is -0.489 e. The molecule has 1 aromatic heterocycles. The fraction of sp³-hybridized carbons (Fsp3) is 0.167. The molecule has 0 aliphatic carbocycles. The fourth-order valence-corrected chi connectivity index (χ4v) is 2.28. The first-order chi connectivity index (χ1) is 11.3. The quantitative estimate of drug-likeness (QED) is 0.708. The van der Waals surface area contributed by atoms with Crippen LogP contribution in [-0.2, 0) is 6.54 Å². The molecular formula is C18H17NO4. The second-order valence-electron chi connectivity index (χ2n) is 4.95. The number of hydrogen-bond acceptors (Lipinski definition) is 5. The molecule has 0 saturated heterocycles. The van der Waals surface area contributed by atoms with Gasteiger partial charge in [-0.25, -0.2) is 0 Å². The smallest absolute Gasteiger partial charge is 0.227 e. The Balaban J connectivity index is 1.60. The average Bonchev–Trinajstić information content (AvgIpc) is 2.59. The SMILES string of the molecule is NCc1cc(=O)c(OCCOc2cccc3ccccc23)co1. The van der Waals surface area contributed by atoms with Crippen LogP contribution in [-0.4, -0.2) is 13.2 Å². The molecule has 1 heterocycles. The summed E-state index contributed by atoms with van der Waals surface area (Å²) >= 11 is 0. The van der Waals surface area contributed by atoms with Crippen molar-refractivity contribution < 1.29 is 13.9 Å². The molecule has 0 radical (unpaired) electrons. The Labute approximate surface area is 133 Å². The molecule has 3 aromatic rings. The van der Waals surface area contributed by atoms with Crippen molar-refractivity contribution in [2.45, 2.75) is 6.54 Å². The van der Waals surface area contributed by atoms with Crippen molar-refractivity contribution in [3.8, 4) is 11.5 Å². The second kappa shape index (κ2) is 6.98. The molecule has 118 valence electrons. The fourth-order valence-electron chi connectivity index (χ4n) is 2.28. The Hall–Kier alpha value is -2.79. The van der Waals surface area contributed by atoms with Gasteiger partial charge in [0.1, 0.15) is 31.0 Å². The molecule has 23 heavy (non-hydrogen) atoms. The number of rotatable bonds is 6. The zero-order valence-corrected chi connectivity index (χ0v) is 12.5. The summed E-state index contributed by atoms with van der Waals surface area (Å²) in [6.45, 7) is 0.752. The first kappa shape index (κ1) is 15.1. The summed E-state index contributed by atoms with van der Waals surface area (Å²) in [6, 6.07) is 15.2. The molecule has 3 rings (SSSR count). The summed E-state index contributed by atoms with van der Waals surface area (Å²) in [4.78, 5) is 11.8. The average molecular weight is 311 g/mol. The highest BCUT2D eigenvalue weighted by atomic mass is 16.5. The van der Waals surface area contributed by atoms with E-state index in [9.17, 15) is 4.79 Å². The van der Waals surface area contributed by atoms with Crippen LogP contribution in [0.25, 0.3) is 10.8 Å². The lowest BCUT2D eigenvalue weighted by Gasteiger charge is -2.10. The summed E-state index contributed by atoms with van der Waals surface area (Å²) in [6.07, 6.45) is 1.28. The molecule has 0 atom stereocenters. The van der Waals surface area contributed by atoms with Gasteiger partial charge >= 0.3 is 0 Å². The van der Waals surface area contributed by atoms with Crippen LogP contribution in [0.5, 0.6) is 11.5 Å². The summed E-state index contributed by atoms with van der Waals surface area (Å²) in [7, 11) is 0. The van der Waals surface area contributed by atoms with Crippen molar-refractivity contribution in [3.63, 3.8) is 0 Å². The van der Waals surface area contributed by atoms with Gasteiger partial charge in [-0.1, -0.05) is 36.4 Å². The van der Waals surface area contributed by atoms with E-state index in [0.29, 0.717) is 12.4 Å². The van der Waals surface area contributed by atoms with E-state index in [2.05, 4.69) is 0 Å². The zero-order chi connectivity index (χ0) is 16.1. The molecule has 0 fully saturated rings. The molecule has 0 aliphatic rings. The molecule has 0 bridgehead atoms. The third-order valence-electron chi connectivity index (χ3n) is 3.40.